The van der Waals surface area contributed by atoms with Gasteiger partial charge in [0.2, 0.25) is 0 Å². The molecular formula is C9H5Cl4F3N2. The standard InChI is InChI=1S/C9H5Cl4F3N2/c10-2-5(17)18-8-4(11)1-3(9(14,15)16)6(12)7(8)13/h1H,2H2,(H2,17,18). The Kier molecular flexibility index (Phi) is 5.00. The van der Waals surface area contributed by atoms with Crippen LogP contribution in [0.3, 0.4) is 0 Å². The highest BCUT2D eigenvalue weighted by atomic mass is 35.5. The quantitative estimate of drug-likeness (QED) is 0.354. The number of hydrogen-bond acceptors (Lipinski definition) is 1. The number of alkyl halides is 4. The van der Waals surface area contributed by atoms with Crippen LogP contribution in [0, 0.1) is 0 Å². The normalized spacial score (nSPS) is 12.9. The number of benzene rings is 1. The molecule has 0 heterocycles. The third-order valence-electron chi connectivity index (χ3n) is 1.83. The summed E-state index contributed by atoms with van der Waals surface area (Å²) in [5.74, 6) is -0.165. The summed E-state index contributed by atoms with van der Waals surface area (Å²) in [6, 6.07) is 0.635. The molecule has 9 heteroatoms. The minimum atomic E-state index is -4.66. The van der Waals surface area contributed by atoms with Crippen LogP contribution in [0.1, 0.15) is 5.56 Å². The van der Waals surface area contributed by atoms with Crippen molar-refractivity contribution in [2.75, 3.05) is 5.88 Å². The largest absolute Gasteiger partial charge is 0.417 e. The highest BCUT2D eigenvalue weighted by molar-refractivity contribution is 6.46. The van der Waals surface area contributed by atoms with Crippen LogP contribution >= 0.6 is 46.4 Å². The number of halogens is 7. The van der Waals surface area contributed by atoms with Gasteiger partial charge in [0.05, 0.1) is 26.5 Å². The van der Waals surface area contributed by atoms with Gasteiger partial charge in [-0.05, 0) is 6.07 Å². The summed E-state index contributed by atoms with van der Waals surface area (Å²) in [4.78, 5) is 3.71. The molecule has 1 aromatic rings. The Morgan fingerprint density at radius 1 is 1.22 bits per heavy atom. The Bertz CT molecular complexity index is 500. The van der Waals surface area contributed by atoms with Crippen LogP contribution in [-0.4, -0.2) is 11.7 Å². The van der Waals surface area contributed by atoms with Crippen molar-refractivity contribution < 1.29 is 13.2 Å². The van der Waals surface area contributed by atoms with Gasteiger partial charge in [0.25, 0.3) is 0 Å². The zero-order chi connectivity index (χ0) is 14.1. The average molecular weight is 340 g/mol. The number of hydrogen-bond donors (Lipinski definition) is 1. The molecule has 0 aliphatic rings. The van der Waals surface area contributed by atoms with Crippen molar-refractivity contribution in [3.05, 3.63) is 26.7 Å². The Morgan fingerprint density at radius 3 is 2.22 bits per heavy atom. The van der Waals surface area contributed by atoms with Crippen molar-refractivity contribution in [2.45, 2.75) is 6.18 Å². The summed E-state index contributed by atoms with van der Waals surface area (Å²) < 4.78 is 37.8. The number of nitrogens with zero attached hydrogens (tertiary/aromatic N) is 1. The predicted octanol–water partition coefficient (Wildman–Crippen LogP) is 4.89. The van der Waals surface area contributed by atoms with Crippen molar-refractivity contribution in [2.24, 2.45) is 10.7 Å². The molecule has 2 N–H and O–H groups in total. The van der Waals surface area contributed by atoms with E-state index in [2.05, 4.69) is 4.99 Å². The van der Waals surface area contributed by atoms with Gasteiger partial charge in [0, 0.05) is 0 Å². The third-order valence-corrected chi connectivity index (χ3v) is 3.25. The maximum absolute atomic E-state index is 12.6. The number of nitrogens with two attached hydrogens (primary N) is 1. The molecule has 0 saturated heterocycles. The molecule has 0 amide bonds. The topological polar surface area (TPSA) is 38.4 Å². The molecule has 100 valence electrons. The minimum absolute atomic E-state index is 0.0451. The molecule has 0 aliphatic carbocycles. The molecule has 0 radical (unpaired) electrons. The monoisotopic (exact) mass is 338 g/mol. The fraction of sp³-hybridized carbons (Fsp3) is 0.222. The Hall–Kier alpha value is -0.360. The van der Waals surface area contributed by atoms with Gasteiger partial charge in [-0.3, -0.25) is 0 Å². The molecule has 0 aromatic heterocycles. The van der Waals surface area contributed by atoms with E-state index < -0.39 is 21.8 Å². The van der Waals surface area contributed by atoms with Gasteiger partial charge in [0.1, 0.15) is 11.5 Å². The lowest BCUT2D eigenvalue weighted by atomic mass is 10.2. The summed E-state index contributed by atoms with van der Waals surface area (Å²) in [5, 5.41) is -1.43. The third kappa shape index (κ3) is 3.35. The summed E-state index contributed by atoms with van der Waals surface area (Å²) in [7, 11) is 0. The lowest BCUT2D eigenvalue weighted by Crippen LogP contribution is -2.12. The Morgan fingerprint density at radius 2 is 1.78 bits per heavy atom. The average Bonchev–Trinajstić information content (AvgIpc) is 2.27. The van der Waals surface area contributed by atoms with Gasteiger partial charge in [0.15, 0.2) is 0 Å². The van der Waals surface area contributed by atoms with E-state index in [9.17, 15) is 13.2 Å². The van der Waals surface area contributed by atoms with E-state index in [-0.39, 0.29) is 22.4 Å². The van der Waals surface area contributed by atoms with E-state index in [0.29, 0.717) is 6.07 Å². The molecule has 1 rings (SSSR count). The van der Waals surface area contributed by atoms with Gasteiger partial charge in [-0.1, -0.05) is 34.8 Å². The summed E-state index contributed by atoms with van der Waals surface area (Å²) in [6.45, 7) is 0. The highest BCUT2D eigenvalue weighted by Gasteiger charge is 2.35. The molecule has 0 bridgehead atoms. The smallest absolute Gasteiger partial charge is 0.386 e. The van der Waals surface area contributed by atoms with Gasteiger partial charge in [-0.2, -0.15) is 13.2 Å². The predicted molar refractivity (Wildman–Crippen MR) is 68.5 cm³/mol. The van der Waals surface area contributed by atoms with Crippen molar-refractivity contribution >= 4 is 57.9 Å². The first kappa shape index (κ1) is 15.7. The van der Waals surface area contributed by atoms with Crippen molar-refractivity contribution in [1.29, 1.82) is 0 Å². The van der Waals surface area contributed by atoms with Crippen LogP contribution in [0.15, 0.2) is 11.1 Å². The zero-order valence-electron chi connectivity index (χ0n) is 8.45. The second-order valence-corrected chi connectivity index (χ2v) is 4.55. The van der Waals surface area contributed by atoms with Crippen molar-refractivity contribution in [3.8, 4) is 0 Å². The van der Waals surface area contributed by atoms with E-state index in [0.717, 1.165) is 0 Å². The number of aliphatic imine (C=N–C) groups is 1. The molecule has 0 unspecified atom stereocenters. The molecule has 18 heavy (non-hydrogen) atoms. The van der Waals surface area contributed by atoms with Gasteiger partial charge >= 0.3 is 6.18 Å². The van der Waals surface area contributed by atoms with E-state index in [4.69, 9.17) is 52.1 Å². The molecular weight excluding hydrogens is 335 g/mol. The highest BCUT2D eigenvalue weighted by Crippen LogP contribution is 2.45. The first-order valence-electron chi connectivity index (χ1n) is 4.32. The first-order valence-corrected chi connectivity index (χ1v) is 5.99. The zero-order valence-corrected chi connectivity index (χ0v) is 11.5. The van der Waals surface area contributed by atoms with E-state index in [1.807, 2.05) is 0 Å². The second kappa shape index (κ2) is 5.74. The van der Waals surface area contributed by atoms with Crippen LogP contribution in [0.2, 0.25) is 15.1 Å². The number of amidine groups is 1. The Labute approximate surface area is 120 Å². The van der Waals surface area contributed by atoms with Crippen LogP contribution in [0.25, 0.3) is 0 Å². The minimum Gasteiger partial charge on any atom is -0.386 e. The molecule has 0 spiro atoms. The molecule has 1 aromatic carbocycles. The van der Waals surface area contributed by atoms with E-state index >= 15 is 0 Å². The van der Waals surface area contributed by atoms with Crippen LogP contribution < -0.4 is 5.73 Å². The maximum Gasteiger partial charge on any atom is 0.417 e. The van der Waals surface area contributed by atoms with Crippen LogP contribution in [0.5, 0.6) is 0 Å². The van der Waals surface area contributed by atoms with Gasteiger partial charge < -0.3 is 5.73 Å². The molecule has 0 aliphatic heterocycles. The maximum atomic E-state index is 12.6. The molecule has 0 saturated carbocycles. The fourth-order valence-electron chi connectivity index (χ4n) is 1.07. The lowest BCUT2D eigenvalue weighted by molar-refractivity contribution is -0.137. The first-order chi connectivity index (χ1) is 8.18. The second-order valence-electron chi connectivity index (χ2n) is 3.12. The van der Waals surface area contributed by atoms with E-state index in [1.54, 1.807) is 0 Å². The molecule has 0 atom stereocenters. The van der Waals surface area contributed by atoms with Crippen LogP contribution in [0.4, 0.5) is 18.9 Å². The summed E-state index contributed by atoms with van der Waals surface area (Å²) >= 11 is 22.3. The fourth-order valence-corrected chi connectivity index (χ4v) is 1.92. The lowest BCUT2D eigenvalue weighted by Gasteiger charge is -2.13. The SMILES string of the molecule is NC(CCl)=Nc1c(Cl)cc(C(F)(F)F)c(Cl)c1Cl. The van der Waals surface area contributed by atoms with Gasteiger partial charge in [-0.25, -0.2) is 4.99 Å². The number of rotatable bonds is 2. The summed E-state index contributed by atoms with van der Waals surface area (Å²) in [6.07, 6.45) is -4.66. The van der Waals surface area contributed by atoms with Crippen molar-refractivity contribution in [1.82, 2.24) is 0 Å². The molecule has 0 fully saturated rings. The Balaban J connectivity index is 3.48. The van der Waals surface area contributed by atoms with E-state index in [1.165, 1.54) is 0 Å². The van der Waals surface area contributed by atoms with Crippen LogP contribution in [-0.2, 0) is 6.18 Å². The van der Waals surface area contributed by atoms with Crippen molar-refractivity contribution in [3.63, 3.8) is 0 Å². The summed E-state index contributed by atoms with van der Waals surface area (Å²) in [5.41, 5.74) is 4.07. The van der Waals surface area contributed by atoms with Gasteiger partial charge in [-0.15, -0.1) is 11.6 Å². The molecule has 2 nitrogen and oxygen atoms in total.